The summed E-state index contributed by atoms with van der Waals surface area (Å²) in [5, 5.41) is 5.01. The highest BCUT2D eigenvalue weighted by Crippen LogP contribution is 2.13. The summed E-state index contributed by atoms with van der Waals surface area (Å²) in [6.07, 6.45) is 3.14. The van der Waals surface area contributed by atoms with Gasteiger partial charge in [0, 0.05) is 13.1 Å². The first kappa shape index (κ1) is 15.5. The number of nitrogens with zero attached hydrogens (tertiary/aromatic N) is 1. The fraction of sp³-hybridized carbons (Fsp3) is 0.769. The van der Waals surface area contributed by atoms with Gasteiger partial charge in [0.1, 0.15) is 6.04 Å². The van der Waals surface area contributed by atoms with Gasteiger partial charge in [-0.15, -0.1) is 0 Å². The van der Waals surface area contributed by atoms with E-state index in [0.717, 1.165) is 25.9 Å². The van der Waals surface area contributed by atoms with Gasteiger partial charge in [0.25, 0.3) is 0 Å². The first-order valence-electron chi connectivity index (χ1n) is 6.79. The van der Waals surface area contributed by atoms with Crippen LogP contribution in [0.5, 0.6) is 0 Å². The average Bonchev–Trinajstić information content (AvgIpc) is 2.87. The zero-order chi connectivity index (χ0) is 14.3. The van der Waals surface area contributed by atoms with Crippen LogP contribution < -0.4 is 10.6 Å². The molecule has 1 atom stereocenters. The summed E-state index contributed by atoms with van der Waals surface area (Å²) in [6, 6.07) is -0.487. The molecule has 2 N–H and O–H groups in total. The standard InChI is InChI=1S/C13H23N3O3/c1-10(2)7-11(15-12(18)8-14-9-17)13(19)16-5-3-4-6-16/h9-11H,3-8H2,1-2H3,(H,14,17)(H,15,18). The summed E-state index contributed by atoms with van der Waals surface area (Å²) < 4.78 is 0. The zero-order valence-electron chi connectivity index (χ0n) is 11.6. The van der Waals surface area contributed by atoms with Crippen LogP contribution in [-0.4, -0.2) is 48.8 Å². The molecule has 1 saturated heterocycles. The van der Waals surface area contributed by atoms with Crippen LogP contribution in [0.15, 0.2) is 0 Å². The molecule has 1 aliphatic rings. The van der Waals surface area contributed by atoms with Gasteiger partial charge < -0.3 is 15.5 Å². The van der Waals surface area contributed by atoms with Crippen molar-refractivity contribution in [1.82, 2.24) is 15.5 Å². The predicted molar refractivity (Wildman–Crippen MR) is 71.3 cm³/mol. The number of amides is 3. The first-order valence-corrected chi connectivity index (χ1v) is 6.79. The molecule has 0 spiro atoms. The number of carbonyl (C=O) groups is 3. The summed E-state index contributed by atoms with van der Waals surface area (Å²) in [5.74, 6) is -0.0215. The lowest BCUT2D eigenvalue weighted by molar-refractivity contribution is -0.135. The summed E-state index contributed by atoms with van der Waals surface area (Å²) in [4.78, 5) is 35.9. The topological polar surface area (TPSA) is 78.5 Å². The van der Waals surface area contributed by atoms with E-state index >= 15 is 0 Å². The van der Waals surface area contributed by atoms with Crippen LogP contribution in [0.2, 0.25) is 0 Å². The molecule has 6 heteroatoms. The van der Waals surface area contributed by atoms with Gasteiger partial charge in [0.15, 0.2) is 0 Å². The Kier molecular flexibility index (Phi) is 6.32. The molecule has 0 saturated carbocycles. The van der Waals surface area contributed by atoms with E-state index in [1.54, 1.807) is 4.90 Å². The minimum absolute atomic E-state index is 0.00865. The van der Waals surface area contributed by atoms with Crippen LogP contribution in [0.1, 0.15) is 33.1 Å². The molecule has 6 nitrogen and oxygen atoms in total. The van der Waals surface area contributed by atoms with Gasteiger partial charge in [-0.1, -0.05) is 13.8 Å². The second kappa shape index (κ2) is 7.76. The highest BCUT2D eigenvalue weighted by Gasteiger charge is 2.28. The van der Waals surface area contributed by atoms with Crippen LogP contribution in [0.25, 0.3) is 0 Å². The molecule has 3 amide bonds. The maximum absolute atomic E-state index is 12.3. The quantitative estimate of drug-likeness (QED) is 0.633. The molecule has 0 aliphatic carbocycles. The van der Waals surface area contributed by atoms with Crippen molar-refractivity contribution >= 4 is 18.2 Å². The van der Waals surface area contributed by atoms with Crippen molar-refractivity contribution < 1.29 is 14.4 Å². The Bertz CT molecular complexity index is 325. The van der Waals surface area contributed by atoms with Gasteiger partial charge in [-0.25, -0.2) is 0 Å². The third-order valence-corrected chi connectivity index (χ3v) is 3.10. The third kappa shape index (κ3) is 5.28. The van der Waals surface area contributed by atoms with E-state index < -0.39 is 6.04 Å². The molecule has 1 unspecified atom stereocenters. The van der Waals surface area contributed by atoms with Crippen molar-refractivity contribution in [3.05, 3.63) is 0 Å². The Morgan fingerprint density at radius 3 is 2.42 bits per heavy atom. The van der Waals surface area contributed by atoms with Crippen molar-refractivity contribution in [2.45, 2.75) is 39.2 Å². The monoisotopic (exact) mass is 269 g/mol. The molecule has 1 aliphatic heterocycles. The summed E-state index contributed by atoms with van der Waals surface area (Å²) in [7, 11) is 0. The highest BCUT2D eigenvalue weighted by atomic mass is 16.2. The molecular weight excluding hydrogens is 246 g/mol. The lowest BCUT2D eigenvalue weighted by atomic mass is 10.0. The maximum atomic E-state index is 12.3. The van der Waals surface area contributed by atoms with Crippen LogP contribution in [0.3, 0.4) is 0 Å². The van der Waals surface area contributed by atoms with E-state index in [4.69, 9.17) is 0 Å². The summed E-state index contributed by atoms with van der Waals surface area (Å²) >= 11 is 0. The van der Waals surface area contributed by atoms with Crippen LogP contribution in [0, 0.1) is 5.92 Å². The fourth-order valence-corrected chi connectivity index (χ4v) is 2.23. The normalized spacial score (nSPS) is 16.3. The molecule has 0 bridgehead atoms. The van der Waals surface area contributed by atoms with Gasteiger partial charge in [-0.2, -0.15) is 0 Å². The van der Waals surface area contributed by atoms with E-state index in [9.17, 15) is 14.4 Å². The van der Waals surface area contributed by atoms with Gasteiger partial charge in [-0.05, 0) is 25.2 Å². The lowest BCUT2D eigenvalue weighted by Gasteiger charge is -2.25. The molecule has 1 heterocycles. The number of nitrogens with one attached hydrogen (secondary N) is 2. The number of likely N-dealkylation sites (tertiary alicyclic amines) is 1. The predicted octanol–water partition coefficient (Wildman–Crippen LogP) is -0.114. The molecular formula is C13H23N3O3. The molecule has 19 heavy (non-hydrogen) atoms. The fourth-order valence-electron chi connectivity index (χ4n) is 2.23. The Hall–Kier alpha value is -1.59. The van der Waals surface area contributed by atoms with Crippen LogP contribution in [0.4, 0.5) is 0 Å². The number of carbonyl (C=O) groups excluding carboxylic acids is 3. The van der Waals surface area contributed by atoms with Crippen molar-refractivity contribution in [3.8, 4) is 0 Å². The second-order valence-corrected chi connectivity index (χ2v) is 5.28. The largest absolute Gasteiger partial charge is 0.350 e. The van der Waals surface area contributed by atoms with Crippen molar-refractivity contribution in [2.24, 2.45) is 5.92 Å². The number of rotatable bonds is 7. The lowest BCUT2D eigenvalue weighted by Crippen LogP contribution is -2.50. The maximum Gasteiger partial charge on any atom is 0.245 e. The first-order chi connectivity index (χ1) is 9.04. The molecule has 0 aromatic rings. The highest BCUT2D eigenvalue weighted by molar-refractivity contribution is 5.89. The van der Waals surface area contributed by atoms with Gasteiger partial charge in [0.05, 0.1) is 6.54 Å². The number of hydrogen-bond donors (Lipinski definition) is 2. The minimum Gasteiger partial charge on any atom is -0.350 e. The Morgan fingerprint density at radius 2 is 1.89 bits per heavy atom. The molecule has 0 aromatic carbocycles. The minimum atomic E-state index is -0.487. The van der Waals surface area contributed by atoms with E-state index in [-0.39, 0.29) is 18.4 Å². The SMILES string of the molecule is CC(C)CC(NC(=O)CNC=O)C(=O)N1CCCC1. The molecule has 1 fully saturated rings. The van der Waals surface area contributed by atoms with E-state index in [2.05, 4.69) is 10.6 Å². The molecule has 108 valence electrons. The molecule has 0 radical (unpaired) electrons. The zero-order valence-corrected chi connectivity index (χ0v) is 11.6. The van der Waals surface area contributed by atoms with Crippen molar-refractivity contribution in [3.63, 3.8) is 0 Å². The Labute approximate surface area is 113 Å². The van der Waals surface area contributed by atoms with Gasteiger partial charge in [-0.3, -0.25) is 14.4 Å². The van der Waals surface area contributed by atoms with E-state index in [1.807, 2.05) is 13.8 Å². The smallest absolute Gasteiger partial charge is 0.245 e. The second-order valence-electron chi connectivity index (χ2n) is 5.28. The Balaban J connectivity index is 2.57. The average molecular weight is 269 g/mol. The van der Waals surface area contributed by atoms with Gasteiger partial charge >= 0.3 is 0 Å². The Morgan fingerprint density at radius 1 is 1.26 bits per heavy atom. The van der Waals surface area contributed by atoms with E-state index in [0.29, 0.717) is 18.7 Å². The molecule has 1 rings (SSSR count). The van der Waals surface area contributed by atoms with Crippen LogP contribution in [-0.2, 0) is 14.4 Å². The van der Waals surface area contributed by atoms with Crippen LogP contribution >= 0.6 is 0 Å². The van der Waals surface area contributed by atoms with E-state index in [1.165, 1.54) is 0 Å². The third-order valence-electron chi connectivity index (χ3n) is 3.10. The number of hydrogen-bond acceptors (Lipinski definition) is 3. The van der Waals surface area contributed by atoms with Crippen molar-refractivity contribution in [1.29, 1.82) is 0 Å². The summed E-state index contributed by atoms with van der Waals surface area (Å²) in [6.45, 7) is 5.48. The van der Waals surface area contributed by atoms with Gasteiger partial charge in [0.2, 0.25) is 18.2 Å². The molecule has 0 aromatic heterocycles. The van der Waals surface area contributed by atoms with Crippen molar-refractivity contribution in [2.75, 3.05) is 19.6 Å². The summed E-state index contributed by atoms with van der Waals surface area (Å²) in [5.41, 5.74) is 0.